The Morgan fingerprint density at radius 2 is 1.77 bits per heavy atom. The monoisotopic (exact) mass is 509 g/mol. The second kappa shape index (κ2) is 8.95. The van der Waals surface area contributed by atoms with E-state index in [9.17, 15) is 23.6 Å². The number of hydrogen-bond donors (Lipinski definition) is 1. The van der Waals surface area contributed by atoms with Gasteiger partial charge in [0, 0.05) is 41.6 Å². The molecule has 8 nitrogen and oxygen atoms in total. The number of para-hydroxylation sites is 1. The van der Waals surface area contributed by atoms with E-state index in [0.29, 0.717) is 13.0 Å². The van der Waals surface area contributed by atoms with Gasteiger partial charge >= 0.3 is 0 Å². The average Bonchev–Trinajstić information content (AvgIpc) is 2.73. The van der Waals surface area contributed by atoms with Crippen LogP contribution in [0.2, 0.25) is 0 Å². The van der Waals surface area contributed by atoms with Crippen molar-refractivity contribution in [2.24, 2.45) is 0 Å². The number of nitro benzene ring substituents is 1. The standard InChI is InChI=1S/C21H24BrN3O5S/c22-16-9-7-15(8-10-16)21-18-13-23(11-3-4-12-24(18)19(21)14-26)31(29,30)20-6-2-1-5-17(20)25(27)28/h1-2,5-10,18-19,21,26H,3-4,11-14H2/t18-,19?,21?/m0/s1. The number of rotatable bonds is 5. The summed E-state index contributed by atoms with van der Waals surface area (Å²) in [6.45, 7) is 1.33. The Bertz CT molecular complexity index is 1060. The van der Waals surface area contributed by atoms with Gasteiger partial charge in [0.2, 0.25) is 10.0 Å². The van der Waals surface area contributed by atoms with Gasteiger partial charge in [0.1, 0.15) is 0 Å². The van der Waals surface area contributed by atoms with E-state index < -0.39 is 20.6 Å². The molecule has 166 valence electrons. The minimum atomic E-state index is -4.04. The van der Waals surface area contributed by atoms with Gasteiger partial charge in [0.15, 0.2) is 4.90 Å². The molecule has 0 aliphatic carbocycles. The van der Waals surface area contributed by atoms with Gasteiger partial charge < -0.3 is 5.11 Å². The first-order valence-corrected chi connectivity index (χ1v) is 12.4. The van der Waals surface area contributed by atoms with E-state index in [1.165, 1.54) is 28.6 Å². The predicted octanol–water partition coefficient (Wildman–Crippen LogP) is 2.97. The normalized spacial score (nSPS) is 25.2. The highest BCUT2D eigenvalue weighted by atomic mass is 79.9. The minimum absolute atomic E-state index is 0.00582. The molecule has 0 spiro atoms. The van der Waals surface area contributed by atoms with Crippen molar-refractivity contribution < 1.29 is 18.4 Å². The molecule has 2 aliphatic rings. The van der Waals surface area contributed by atoms with Crippen molar-refractivity contribution in [3.05, 3.63) is 68.7 Å². The number of halogens is 1. The third-order valence-electron chi connectivity index (χ3n) is 6.27. The van der Waals surface area contributed by atoms with Crippen LogP contribution in [-0.4, -0.2) is 66.0 Å². The summed E-state index contributed by atoms with van der Waals surface area (Å²) in [5.74, 6) is -0.0142. The topological polar surface area (TPSA) is 104 Å². The van der Waals surface area contributed by atoms with Gasteiger partial charge in [0.05, 0.1) is 11.5 Å². The molecule has 31 heavy (non-hydrogen) atoms. The fourth-order valence-corrected chi connectivity index (χ4v) is 6.70. The van der Waals surface area contributed by atoms with Crippen molar-refractivity contribution >= 4 is 31.6 Å². The molecule has 2 fully saturated rings. The lowest BCUT2D eigenvalue weighted by Crippen LogP contribution is -2.67. The van der Waals surface area contributed by atoms with Crippen LogP contribution in [0.5, 0.6) is 0 Å². The molecule has 2 unspecified atom stereocenters. The second-order valence-corrected chi connectivity index (χ2v) is 10.7. The fraction of sp³-hybridized carbons (Fsp3) is 0.429. The lowest BCUT2D eigenvalue weighted by molar-refractivity contribution is -0.387. The van der Waals surface area contributed by atoms with Crippen LogP contribution in [0.4, 0.5) is 5.69 Å². The maximum absolute atomic E-state index is 13.4. The molecular formula is C21H24BrN3O5S. The second-order valence-electron chi connectivity index (χ2n) is 7.93. The van der Waals surface area contributed by atoms with Gasteiger partial charge in [-0.3, -0.25) is 15.0 Å². The largest absolute Gasteiger partial charge is 0.395 e. The van der Waals surface area contributed by atoms with Gasteiger partial charge in [-0.2, -0.15) is 4.31 Å². The Hall–Kier alpha value is -1.85. The minimum Gasteiger partial charge on any atom is -0.395 e. The Labute approximate surface area is 189 Å². The van der Waals surface area contributed by atoms with Crippen LogP contribution < -0.4 is 0 Å². The Morgan fingerprint density at radius 1 is 1.10 bits per heavy atom. The van der Waals surface area contributed by atoms with E-state index in [0.717, 1.165) is 23.0 Å². The maximum Gasteiger partial charge on any atom is 0.289 e. The molecule has 2 heterocycles. The first-order valence-electron chi connectivity index (χ1n) is 10.2. The predicted molar refractivity (Wildman–Crippen MR) is 119 cm³/mol. The number of nitro groups is 1. The first kappa shape index (κ1) is 22.3. The molecule has 2 saturated heterocycles. The molecule has 0 amide bonds. The van der Waals surface area contributed by atoms with Crippen molar-refractivity contribution in [2.45, 2.75) is 35.7 Å². The molecule has 0 saturated carbocycles. The third kappa shape index (κ3) is 4.14. The number of aliphatic hydroxyl groups is 1. The van der Waals surface area contributed by atoms with Crippen molar-refractivity contribution in [1.29, 1.82) is 0 Å². The highest BCUT2D eigenvalue weighted by Gasteiger charge is 2.50. The zero-order chi connectivity index (χ0) is 22.2. The van der Waals surface area contributed by atoms with E-state index in [1.807, 2.05) is 24.3 Å². The van der Waals surface area contributed by atoms with Gasteiger partial charge in [-0.15, -0.1) is 0 Å². The Kier molecular flexibility index (Phi) is 6.45. The van der Waals surface area contributed by atoms with Gasteiger partial charge in [0.25, 0.3) is 5.69 Å². The van der Waals surface area contributed by atoms with Crippen LogP contribution in [0.15, 0.2) is 57.9 Å². The molecule has 0 bridgehead atoms. The lowest BCUT2D eigenvalue weighted by atomic mass is 9.74. The van der Waals surface area contributed by atoms with Crippen LogP contribution in [0, 0.1) is 10.1 Å². The van der Waals surface area contributed by atoms with Crippen LogP contribution in [0.25, 0.3) is 0 Å². The van der Waals surface area contributed by atoms with Crippen LogP contribution in [0.3, 0.4) is 0 Å². The summed E-state index contributed by atoms with van der Waals surface area (Å²) >= 11 is 3.44. The quantitative estimate of drug-likeness (QED) is 0.490. The molecule has 10 heteroatoms. The first-order chi connectivity index (χ1) is 14.8. The molecule has 2 aromatic carbocycles. The zero-order valence-electron chi connectivity index (χ0n) is 16.8. The number of aliphatic hydroxyl groups excluding tert-OH is 1. The van der Waals surface area contributed by atoms with E-state index >= 15 is 0 Å². The summed E-state index contributed by atoms with van der Waals surface area (Å²) in [4.78, 5) is 12.7. The molecule has 0 radical (unpaired) electrons. The van der Waals surface area contributed by atoms with E-state index in [4.69, 9.17) is 0 Å². The summed E-state index contributed by atoms with van der Waals surface area (Å²) in [5, 5.41) is 21.4. The van der Waals surface area contributed by atoms with Crippen LogP contribution in [-0.2, 0) is 10.0 Å². The van der Waals surface area contributed by atoms with Gasteiger partial charge in [-0.05, 0) is 43.1 Å². The lowest BCUT2D eigenvalue weighted by Gasteiger charge is -2.57. The van der Waals surface area contributed by atoms with Crippen LogP contribution in [0.1, 0.15) is 24.3 Å². The number of nitrogens with zero attached hydrogens (tertiary/aromatic N) is 3. The molecule has 1 N–H and O–H groups in total. The smallest absolute Gasteiger partial charge is 0.289 e. The molecule has 3 atom stereocenters. The number of sulfonamides is 1. The van der Waals surface area contributed by atoms with E-state index in [2.05, 4.69) is 20.8 Å². The number of fused-ring (bicyclic) bond motifs is 1. The summed E-state index contributed by atoms with van der Waals surface area (Å²) in [6, 6.07) is 13.2. The molecule has 2 aromatic rings. The molecule has 2 aliphatic heterocycles. The molecule has 4 rings (SSSR count). The highest BCUT2D eigenvalue weighted by molar-refractivity contribution is 9.10. The average molecular weight is 510 g/mol. The fourth-order valence-electron chi connectivity index (χ4n) is 4.78. The van der Waals surface area contributed by atoms with Crippen molar-refractivity contribution in [2.75, 3.05) is 26.2 Å². The summed E-state index contributed by atoms with van der Waals surface area (Å²) in [6.07, 6.45) is 1.45. The molecule has 0 aromatic heterocycles. The molecular weight excluding hydrogens is 486 g/mol. The van der Waals surface area contributed by atoms with Crippen molar-refractivity contribution in [1.82, 2.24) is 9.21 Å². The summed E-state index contributed by atoms with van der Waals surface area (Å²) < 4.78 is 29.2. The van der Waals surface area contributed by atoms with Crippen molar-refractivity contribution in [3.8, 4) is 0 Å². The van der Waals surface area contributed by atoms with Gasteiger partial charge in [-0.1, -0.05) is 40.2 Å². The number of benzene rings is 2. The SMILES string of the molecule is O=[N+]([O-])c1ccccc1S(=O)(=O)N1CCCCN2C(CO)C(c3ccc(Br)cc3)[C@@H]2C1. The Morgan fingerprint density at radius 3 is 2.45 bits per heavy atom. The van der Waals surface area contributed by atoms with E-state index in [-0.39, 0.29) is 36.0 Å². The van der Waals surface area contributed by atoms with Crippen LogP contribution >= 0.6 is 15.9 Å². The highest BCUT2D eigenvalue weighted by Crippen LogP contribution is 2.43. The summed E-state index contributed by atoms with van der Waals surface area (Å²) in [5.41, 5.74) is 0.639. The number of hydrogen-bond acceptors (Lipinski definition) is 6. The van der Waals surface area contributed by atoms with E-state index in [1.54, 1.807) is 0 Å². The zero-order valence-corrected chi connectivity index (χ0v) is 19.2. The van der Waals surface area contributed by atoms with Crippen molar-refractivity contribution in [3.63, 3.8) is 0 Å². The Balaban J connectivity index is 1.68. The van der Waals surface area contributed by atoms with Gasteiger partial charge in [-0.25, -0.2) is 8.42 Å². The summed E-state index contributed by atoms with van der Waals surface area (Å²) in [7, 11) is -4.04. The third-order valence-corrected chi connectivity index (χ3v) is 8.71. The maximum atomic E-state index is 13.4.